The van der Waals surface area contributed by atoms with Crippen LogP contribution in [-0.2, 0) is 4.79 Å². The van der Waals surface area contributed by atoms with Gasteiger partial charge in [-0.25, -0.2) is 4.79 Å². The van der Waals surface area contributed by atoms with E-state index in [1.165, 1.54) is 17.8 Å². The van der Waals surface area contributed by atoms with E-state index < -0.39 is 12.0 Å². The fraction of sp³-hybridized carbons (Fsp3) is 0.267. The molecule has 1 aliphatic heterocycles. The van der Waals surface area contributed by atoms with Crippen molar-refractivity contribution in [3.63, 3.8) is 0 Å². The van der Waals surface area contributed by atoms with E-state index in [0.29, 0.717) is 0 Å². The molecule has 1 aromatic rings. The Bertz CT molecular complexity index is 596. The number of hydrogen-bond acceptors (Lipinski definition) is 4. The van der Waals surface area contributed by atoms with Gasteiger partial charge in [0.05, 0.1) is 16.1 Å². The quantitative estimate of drug-likeness (QED) is 0.866. The lowest BCUT2D eigenvalue weighted by atomic mass is 10.00. The fourth-order valence-corrected chi connectivity index (χ4v) is 2.67. The summed E-state index contributed by atoms with van der Waals surface area (Å²) < 4.78 is 0. The highest BCUT2D eigenvalue weighted by molar-refractivity contribution is 8.26. The largest absolute Gasteiger partial charge is 0.594 e. The number of aliphatic imine (C=N–C) groups is 1. The number of aliphatic carboxylic acids is 1. The van der Waals surface area contributed by atoms with Gasteiger partial charge in [0, 0.05) is 6.08 Å². The highest BCUT2D eigenvalue weighted by Gasteiger charge is 2.16. The molecule has 0 fully saturated rings. The number of rotatable bonds is 3. The molecule has 1 aliphatic rings. The van der Waals surface area contributed by atoms with Crippen LogP contribution in [0, 0.1) is 0 Å². The summed E-state index contributed by atoms with van der Waals surface area (Å²) in [4.78, 5) is 15.4. The minimum Gasteiger partial charge on any atom is -0.594 e. The normalized spacial score (nSPS) is 22.8. The monoisotopic (exact) mass is 302 g/mol. The zero-order valence-electron chi connectivity index (χ0n) is 11.8. The van der Waals surface area contributed by atoms with Crippen molar-refractivity contribution in [3.05, 3.63) is 53.5 Å². The molecule has 0 bridgehead atoms. The lowest BCUT2D eigenvalue weighted by Gasteiger charge is -2.34. The summed E-state index contributed by atoms with van der Waals surface area (Å²) >= 11 is 1.47. The Labute approximate surface area is 127 Å². The van der Waals surface area contributed by atoms with Gasteiger partial charge in [0.25, 0.3) is 0 Å². The minimum absolute atomic E-state index is 0.272. The van der Waals surface area contributed by atoms with Crippen LogP contribution >= 0.6 is 11.8 Å². The summed E-state index contributed by atoms with van der Waals surface area (Å²) in [5.41, 5.74) is 5.22. The van der Waals surface area contributed by atoms with Crippen LogP contribution in [0.3, 0.4) is 0 Å². The molecular weight excluding hydrogens is 286 g/mol. The molecular formula is C15H16N3O2S-. The number of carbonyl (C=O) groups is 1. The molecule has 0 aromatic heterocycles. The van der Waals surface area contributed by atoms with Crippen molar-refractivity contribution in [1.29, 1.82) is 0 Å². The Morgan fingerprint density at radius 2 is 2.00 bits per heavy atom. The highest BCUT2D eigenvalue weighted by Crippen LogP contribution is 2.31. The Hall–Kier alpha value is -2.08. The second-order valence-corrected chi connectivity index (χ2v) is 5.91. The number of carboxylic acids is 1. The van der Waals surface area contributed by atoms with Gasteiger partial charge in [-0.1, -0.05) is 54.2 Å². The lowest BCUT2D eigenvalue weighted by Crippen LogP contribution is -2.17. The molecule has 1 N–H and O–H groups in total. The van der Waals surface area contributed by atoms with Crippen molar-refractivity contribution in [2.45, 2.75) is 25.9 Å². The average molecular weight is 302 g/mol. The van der Waals surface area contributed by atoms with Gasteiger partial charge in [-0.15, -0.1) is 0 Å². The number of thioether (sulfide) groups is 1. The van der Waals surface area contributed by atoms with Crippen LogP contribution in [-0.4, -0.2) is 27.2 Å². The van der Waals surface area contributed by atoms with Crippen molar-refractivity contribution in [2.75, 3.05) is 0 Å². The predicted octanol–water partition coefficient (Wildman–Crippen LogP) is 3.61. The third-order valence-corrected chi connectivity index (χ3v) is 3.63. The first-order valence-electron chi connectivity index (χ1n) is 6.49. The molecule has 2 atom stereocenters. The Morgan fingerprint density at radius 3 is 2.67 bits per heavy atom. The van der Waals surface area contributed by atoms with Gasteiger partial charge in [-0.05, 0) is 19.4 Å². The Balaban J connectivity index is 2.39. The van der Waals surface area contributed by atoms with Crippen LogP contribution < -0.4 is 0 Å². The van der Waals surface area contributed by atoms with Gasteiger partial charge >= 0.3 is 5.97 Å². The van der Waals surface area contributed by atoms with Crippen LogP contribution in [0.15, 0.2) is 52.6 Å². The summed E-state index contributed by atoms with van der Waals surface area (Å²) in [6.45, 7) is 3.77. The third kappa shape index (κ3) is 4.46. The summed E-state index contributed by atoms with van der Waals surface area (Å²) in [5, 5.41) is 14.6. The smallest absolute Gasteiger partial charge is 0.327 e. The van der Waals surface area contributed by atoms with Crippen molar-refractivity contribution < 1.29 is 9.90 Å². The number of nitrogens with zero attached hydrogens (tertiary/aromatic N) is 3. The van der Waals surface area contributed by atoms with Gasteiger partial charge in [0.15, 0.2) is 0 Å². The summed E-state index contributed by atoms with van der Waals surface area (Å²) in [7, 11) is 0. The molecule has 6 heteroatoms. The zero-order chi connectivity index (χ0) is 15.2. The minimum atomic E-state index is -1.00. The molecule has 0 aliphatic carbocycles. The molecule has 21 heavy (non-hydrogen) atoms. The van der Waals surface area contributed by atoms with Gasteiger partial charge in [0.1, 0.15) is 0 Å². The molecule has 0 spiro atoms. The fourth-order valence-electron chi connectivity index (χ4n) is 1.99. The van der Waals surface area contributed by atoms with Crippen LogP contribution in [0.5, 0.6) is 0 Å². The highest BCUT2D eigenvalue weighted by atomic mass is 32.2. The van der Waals surface area contributed by atoms with Gasteiger partial charge in [0.2, 0.25) is 0 Å². The van der Waals surface area contributed by atoms with Crippen molar-refractivity contribution in [3.8, 4) is 0 Å². The summed E-state index contributed by atoms with van der Waals surface area (Å²) in [5.74, 6) is -1.00. The SMILES string of the molecule is CC1=N[N-]C(/C=C/C(=O)O)C(c2ccccc2)N=C(C)S1. The summed E-state index contributed by atoms with van der Waals surface area (Å²) in [6.07, 6.45) is 2.62. The van der Waals surface area contributed by atoms with E-state index >= 15 is 0 Å². The molecule has 2 unspecified atom stereocenters. The molecule has 2 rings (SSSR count). The van der Waals surface area contributed by atoms with Crippen molar-refractivity contribution in [2.24, 2.45) is 10.1 Å². The van der Waals surface area contributed by atoms with Gasteiger partial charge in [-0.3, -0.25) is 4.99 Å². The van der Waals surface area contributed by atoms with E-state index in [1.807, 2.05) is 44.2 Å². The Morgan fingerprint density at radius 1 is 1.29 bits per heavy atom. The van der Waals surface area contributed by atoms with E-state index in [9.17, 15) is 4.79 Å². The Kier molecular flexibility index (Phi) is 5.16. The molecule has 0 saturated carbocycles. The maximum absolute atomic E-state index is 10.8. The molecule has 0 radical (unpaired) electrons. The van der Waals surface area contributed by atoms with Crippen molar-refractivity contribution >= 4 is 27.8 Å². The molecule has 1 aromatic carbocycles. The maximum atomic E-state index is 10.8. The first kappa shape index (κ1) is 15.3. The second kappa shape index (κ2) is 7.08. The van der Waals surface area contributed by atoms with Crippen LogP contribution in [0.1, 0.15) is 25.5 Å². The first-order chi connectivity index (χ1) is 10.1. The van der Waals surface area contributed by atoms with Gasteiger partial charge < -0.3 is 15.6 Å². The maximum Gasteiger partial charge on any atom is 0.327 e. The molecule has 5 nitrogen and oxygen atoms in total. The molecule has 110 valence electrons. The van der Waals surface area contributed by atoms with Gasteiger partial charge in [-0.2, -0.15) is 0 Å². The number of hydrogen-bond donors (Lipinski definition) is 1. The van der Waals surface area contributed by atoms with Crippen LogP contribution in [0.25, 0.3) is 5.43 Å². The van der Waals surface area contributed by atoms with E-state index in [2.05, 4.69) is 15.5 Å². The second-order valence-electron chi connectivity index (χ2n) is 4.53. The lowest BCUT2D eigenvalue weighted by molar-refractivity contribution is -0.131. The standard InChI is InChI=1S/C15H16N3O2S/c1-10-16-15(12-6-4-3-5-7-12)13(8-9-14(19)20)18-17-11(2)21-10/h3-9,13,15H,1-2H3,(H,19,20)/q-1/b9-8+,16-10?,17-11?. The topological polar surface area (TPSA) is 76.1 Å². The van der Waals surface area contributed by atoms with E-state index in [0.717, 1.165) is 21.7 Å². The molecule has 1 heterocycles. The first-order valence-corrected chi connectivity index (χ1v) is 7.30. The van der Waals surface area contributed by atoms with Crippen LogP contribution in [0.2, 0.25) is 0 Å². The van der Waals surface area contributed by atoms with Crippen molar-refractivity contribution in [1.82, 2.24) is 0 Å². The molecule has 0 amide bonds. The number of benzene rings is 1. The number of carboxylic acid groups (broad SMARTS) is 1. The van der Waals surface area contributed by atoms with E-state index in [1.54, 1.807) is 0 Å². The summed E-state index contributed by atoms with van der Waals surface area (Å²) in [6, 6.07) is 9.00. The predicted molar refractivity (Wildman–Crippen MR) is 86.9 cm³/mol. The average Bonchev–Trinajstić information content (AvgIpc) is 2.44. The third-order valence-electron chi connectivity index (χ3n) is 2.85. The molecule has 0 saturated heterocycles. The van der Waals surface area contributed by atoms with Crippen LogP contribution in [0.4, 0.5) is 0 Å². The van der Waals surface area contributed by atoms with E-state index in [4.69, 9.17) is 5.11 Å². The van der Waals surface area contributed by atoms with E-state index in [-0.39, 0.29) is 6.04 Å². The zero-order valence-corrected chi connectivity index (χ0v) is 12.6.